The zero-order valence-corrected chi connectivity index (χ0v) is 14.6. The molecule has 2 aliphatic carbocycles. The second-order valence-electron chi connectivity index (χ2n) is 4.99. The van der Waals surface area contributed by atoms with Gasteiger partial charge in [0.25, 0.3) is 0 Å². The van der Waals surface area contributed by atoms with E-state index in [0.29, 0.717) is 0 Å². The van der Waals surface area contributed by atoms with Crippen LogP contribution in [-0.2, 0) is 20.4 Å². The van der Waals surface area contributed by atoms with Crippen molar-refractivity contribution < 1.29 is 45.2 Å². The Kier molecular flexibility index (Phi) is 6.10. The molecule has 101 valence electrons. The molecular weight excluding hydrogens is 323 g/mol. The molecule has 0 atom stereocenters. The van der Waals surface area contributed by atoms with Crippen LogP contribution in [0.15, 0.2) is 59.2 Å². The van der Waals surface area contributed by atoms with Crippen LogP contribution in [0.1, 0.15) is 31.4 Å². The molecule has 0 spiro atoms. The molecule has 20 heavy (non-hydrogen) atoms. The number of hydrogen-bond donors (Lipinski definition) is 0. The number of hydrogen-bond acceptors (Lipinski definition) is 0. The second kappa shape index (κ2) is 6.96. The molecule has 0 amide bonds. The van der Waals surface area contributed by atoms with Gasteiger partial charge in [-0.25, -0.2) is 0 Å². The van der Waals surface area contributed by atoms with Gasteiger partial charge in [0.05, 0.1) is 0 Å². The van der Waals surface area contributed by atoms with E-state index in [-0.39, 0.29) is 24.8 Å². The molecule has 2 aliphatic rings. The molecule has 3 heteroatoms. The maximum Gasteiger partial charge on any atom is -1.00 e. The normalized spacial score (nSPS) is 15.6. The quantitative estimate of drug-likeness (QED) is 0.556. The summed E-state index contributed by atoms with van der Waals surface area (Å²) >= 11 is 2.25. The van der Waals surface area contributed by atoms with E-state index in [1.807, 2.05) is 0 Å². The maximum absolute atomic E-state index is 2.26. The summed E-state index contributed by atoms with van der Waals surface area (Å²) in [5, 5.41) is 0. The summed E-state index contributed by atoms with van der Waals surface area (Å²) in [4.78, 5) is 0. The predicted octanol–water partition coefficient (Wildman–Crippen LogP) is -1.35. The molecule has 3 rings (SSSR count). The topological polar surface area (TPSA) is 0 Å². The van der Waals surface area contributed by atoms with E-state index in [1.54, 1.807) is 0 Å². The number of halogens is 2. The van der Waals surface area contributed by atoms with Crippen molar-refractivity contribution in [1.29, 1.82) is 0 Å². The third kappa shape index (κ3) is 2.76. The summed E-state index contributed by atoms with van der Waals surface area (Å²) in [6, 6.07) is 8.76. The average Bonchev–Trinajstić information content (AvgIpc) is 2.96. The molecule has 0 saturated heterocycles. The van der Waals surface area contributed by atoms with Crippen molar-refractivity contribution in [3.63, 3.8) is 0 Å². The van der Waals surface area contributed by atoms with E-state index < -0.39 is 0 Å². The molecule has 0 unspecified atom stereocenters. The Hall–Kier alpha value is -0.526. The third-order valence-electron chi connectivity index (χ3n) is 3.56. The van der Waals surface area contributed by atoms with Crippen LogP contribution in [0.4, 0.5) is 0 Å². The Morgan fingerprint density at radius 1 is 1.05 bits per heavy atom. The van der Waals surface area contributed by atoms with Crippen LogP contribution in [0.25, 0.3) is 9.45 Å². The molecule has 0 nitrogen and oxygen atoms in total. The van der Waals surface area contributed by atoms with Crippen LogP contribution in [0.5, 0.6) is 0 Å². The zero-order chi connectivity index (χ0) is 12.7. The fraction of sp³-hybridized carbons (Fsp3) is 0.176. The minimum Gasteiger partial charge on any atom is -1.00 e. The van der Waals surface area contributed by atoms with Gasteiger partial charge < -0.3 is 24.8 Å². The monoisotopic (exact) mass is 337 g/mol. The molecule has 0 aromatic heterocycles. The van der Waals surface area contributed by atoms with Crippen molar-refractivity contribution in [3.8, 4) is 0 Å². The van der Waals surface area contributed by atoms with Crippen LogP contribution in [0.2, 0.25) is 0 Å². The molecule has 0 fully saturated rings. The first-order valence-electron chi connectivity index (χ1n) is 6.29. The van der Waals surface area contributed by atoms with Gasteiger partial charge in [0, 0.05) is 0 Å². The summed E-state index contributed by atoms with van der Waals surface area (Å²) in [6.07, 6.45) is 7.73. The van der Waals surface area contributed by atoms with Crippen LogP contribution >= 0.6 is 0 Å². The van der Waals surface area contributed by atoms with Crippen molar-refractivity contribution in [2.75, 3.05) is 0 Å². The Bertz CT molecular complexity index is 645. The fourth-order valence-corrected chi connectivity index (χ4v) is 3.57. The number of rotatable bonds is 1. The molecule has 0 N–H and O–H groups in total. The van der Waals surface area contributed by atoms with Gasteiger partial charge in [-0.3, -0.25) is 0 Å². The van der Waals surface area contributed by atoms with Crippen molar-refractivity contribution in [2.24, 2.45) is 0 Å². The van der Waals surface area contributed by atoms with Crippen molar-refractivity contribution in [1.82, 2.24) is 0 Å². The molecule has 1 aromatic carbocycles. The van der Waals surface area contributed by atoms with E-state index in [1.165, 1.54) is 37.3 Å². The van der Waals surface area contributed by atoms with E-state index in [4.69, 9.17) is 0 Å². The van der Waals surface area contributed by atoms with Crippen LogP contribution in [0.3, 0.4) is 0 Å². The van der Waals surface area contributed by atoms with Gasteiger partial charge in [0.15, 0.2) is 0 Å². The summed E-state index contributed by atoms with van der Waals surface area (Å²) in [5.41, 5.74) is 8.57. The van der Waals surface area contributed by atoms with Gasteiger partial charge >= 0.3 is 120 Å². The summed E-state index contributed by atoms with van der Waals surface area (Å²) in [6.45, 7) is 4.43. The first-order valence-corrected chi connectivity index (χ1v) is 7.08. The predicted molar refractivity (Wildman–Crippen MR) is 73.5 cm³/mol. The summed E-state index contributed by atoms with van der Waals surface area (Å²) in [5.74, 6) is 0. The van der Waals surface area contributed by atoms with Gasteiger partial charge in [-0.2, -0.15) is 0 Å². The fourth-order valence-electron chi connectivity index (χ4n) is 2.79. The largest absolute Gasteiger partial charge is 1.00 e. The summed E-state index contributed by atoms with van der Waals surface area (Å²) < 4.78 is 1.43. The van der Waals surface area contributed by atoms with E-state index in [9.17, 15) is 0 Å². The molecule has 1 aromatic rings. The van der Waals surface area contributed by atoms with E-state index in [2.05, 4.69) is 76.8 Å². The van der Waals surface area contributed by atoms with Gasteiger partial charge in [0.2, 0.25) is 0 Å². The molecule has 0 saturated carbocycles. The minimum atomic E-state index is 0. The van der Waals surface area contributed by atoms with Crippen LogP contribution in [-0.4, -0.2) is 0 Å². The number of allylic oxidation sites excluding steroid dienone is 7. The van der Waals surface area contributed by atoms with Crippen LogP contribution < -0.4 is 24.8 Å². The molecule has 0 heterocycles. The Morgan fingerprint density at radius 2 is 1.70 bits per heavy atom. The Morgan fingerprint density at radius 3 is 2.25 bits per heavy atom. The minimum absolute atomic E-state index is 0. The maximum atomic E-state index is 2.26. The second-order valence-corrected chi connectivity index (χ2v) is 5.78. The molecular formula is C17H15Cl2Ti. The first-order chi connectivity index (χ1) is 8.70. The SMILES string of the molecule is CC(C)=C1C(C2=CC=CC2)=[C]([Ti+2])c2ccccc21.[Cl-].[Cl-]. The smallest absolute Gasteiger partial charge is 1.00 e. The van der Waals surface area contributed by atoms with Gasteiger partial charge in [-0.05, 0) is 0 Å². The molecule has 0 radical (unpaired) electrons. The van der Waals surface area contributed by atoms with Gasteiger partial charge in [-0.15, -0.1) is 0 Å². The van der Waals surface area contributed by atoms with E-state index >= 15 is 0 Å². The number of benzene rings is 1. The average molecular weight is 338 g/mol. The molecule has 0 aliphatic heterocycles. The number of fused-ring (bicyclic) bond motifs is 1. The first kappa shape index (κ1) is 17.5. The van der Waals surface area contributed by atoms with Crippen molar-refractivity contribution >= 4 is 9.45 Å². The van der Waals surface area contributed by atoms with Gasteiger partial charge in [-0.1, -0.05) is 0 Å². The standard InChI is InChI=1S/C17H15.2ClH.Ti/c1-12(2)17-15-10-6-5-9-14(15)11-16(17)13-7-3-4-8-13;;;/h3-7,9-10H,8H2,1-2H3;2*1H;/q;;;+2/p-2. The Balaban J connectivity index is 0.000001000. The third-order valence-corrected chi connectivity index (χ3v) is 4.37. The zero-order valence-electron chi connectivity index (χ0n) is 11.5. The van der Waals surface area contributed by atoms with Gasteiger partial charge in [0.1, 0.15) is 0 Å². The summed E-state index contributed by atoms with van der Waals surface area (Å²) in [7, 11) is 0. The van der Waals surface area contributed by atoms with E-state index in [0.717, 1.165) is 6.42 Å². The van der Waals surface area contributed by atoms with Crippen LogP contribution in [0, 0.1) is 0 Å². The van der Waals surface area contributed by atoms with Crippen molar-refractivity contribution in [3.05, 3.63) is 70.3 Å². The Labute approximate surface area is 145 Å². The molecule has 0 bridgehead atoms. The van der Waals surface area contributed by atoms with Crippen molar-refractivity contribution in [2.45, 2.75) is 20.3 Å².